The number of nitro groups is 1. The molecule has 0 spiro atoms. The normalized spacial score (nSPS) is 25.0. The average molecular weight is 293 g/mol. The summed E-state index contributed by atoms with van der Waals surface area (Å²) in [6.45, 7) is 4.89. The molecule has 1 heterocycles. The first-order valence-electron chi connectivity index (χ1n) is 7.47. The van der Waals surface area contributed by atoms with Crippen molar-refractivity contribution >= 4 is 5.69 Å². The summed E-state index contributed by atoms with van der Waals surface area (Å²) in [6, 6.07) is 7.48. The summed E-state index contributed by atoms with van der Waals surface area (Å²) in [4.78, 5) is 10.5. The molecule has 0 aromatic heterocycles. The van der Waals surface area contributed by atoms with Gasteiger partial charge in [-0.1, -0.05) is 12.1 Å². The molecular weight excluding hydrogens is 270 g/mol. The Bertz CT molecular complexity index is 471. The standard InChI is InChI=1S/C15H23N3O3/c1-11-13(12(2)17-16-11)7-5-6-10-21-15-9-4-3-8-14(15)18(19)20/h3-4,8-9,11-13,16-17H,5-7,10H2,1-2H3. The van der Waals surface area contributed by atoms with Crippen molar-refractivity contribution in [3.8, 4) is 5.75 Å². The zero-order valence-electron chi connectivity index (χ0n) is 12.5. The molecule has 0 bridgehead atoms. The van der Waals surface area contributed by atoms with Crippen molar-refractivity contribution in [1.29, 1.82) is 0 Å². The number of benzene rings is 1. The van der Waals surface area contributed by atoms with E-state index in [1.54, 1.807) is 18.2 Å². The fraction of sp³-hybridized carbons (Fsp3) is 0.600. The monoisotopic (exact) mass is 293 g/mol. The van der Waals surface area contributed by atoms with Gasteiger partial charge < -0.3 is 4.74 Å². The van der Waals surface area contributed by atoms with Crippen molar-refractivity contribution in [3.05, 3.63) is 34.4 Å². The molecule has 2 N–H and O–H groups in total. The topological polar surface area (TPSA) is 76.4 Å². The van der Waals surface area contributed by atoms with E-state index in [1.807, 2.05) is 0 Å². The maximum absolute atomic E-state index is 10.9. The third-order valence-corrected chi connectivity index (χ3v) is 4.07. The van der Waals surface area contributed by atoms with Crippen molar-refractivity contribution in [3.63, 3.8) is 0 Å². The van der Waals surface area contributed by atoms with Gasteiger partial charge in [-0.05, 0) is 45.1 Å². The summed E-state index contributed by atoms with van der Waals surface area (Å²) in [6.07, 6.45) is 3.09. The second-order valence-corrected chi connectivity index (χ2v) is 5.60. The Hall–Kier alpha value is -1.66. The van der Waals surface area contributed by atoms with Crippen LogP contribution < -0.4 is 15.6 Å². The summed E-state index contributed by atoms with van der Waals surface area (Å²) in [5.41, 5.74) is 6.53. The molecule has 6 heteroatoms. The minimum Gasteiger partial charge on any atom is -0.487 e. The minimum absolute atomic E-state index is 0.0314. The van der Waals surface area contributed by atoms with Crippen LogP contribution in [0.1, 0.15) is 33.1 Å². The number of para-hydroxylation sites is 2. The van der Waals surface area contributed by atoms with Crippen LogP contribution in [-0.2, 0) is 0 Å². The van der Waals surface area contributed by atoms with E-state index in [9.17, 15) is 10.1 Å². The van der Waals surface area contributed by atoms with Gasteiger partial charge in [0.05, 0.1) is 11.5 Å². The van der Waals surface area contributed by atoms with Gasteiger partial charge in [0.2, 0.25) is 0 Å². The van der Waals surface area contributed by atoms with E-state index in [0.29, 0.717) is 30.4 Å². The fourth-order valence-corrected chi connectivity index (χ4v) is 2.80. The van der Waals surface area contributed by atoms with Crippen LogP contribution in [0.25, 0.3) is 0 Å². The zero-order valence-corrected chi connectivity index (χ0v) is 12.5. The number of unbranched alkanes of at least 4 members (excludes halogenated alkanes) is 1. The largest absolute Gasteiger partial charge is 0.487 e. The Kier molecular flexibility index (Phi) is 5.52. The molecular formula is C15H23N3O3. The van der Waals surface area contributed by atoms with Crippen molar-refractivity contribution in [1.82, 2.24) is 10.9 Å². The molecule has 21 heavy (non-hydrogen) atoms. The number of nitrogens with one attached hydrogen (secondary N) is 2. The van der Waals surface area contributed by atoms with Crippen LogP contribution >= 0.6 is 0 Å². The van der Waals surface area contributed by atoms with E-state index in [4.69, 9.17) is 4.74 Å². The van der Waals surface area contributed by atoms with E-state index in [1.165, 1.54) is 6.07 Å². The van der Waals surface area contributed by atoms with E-state index >= 15 is 0 Å². The number of ether oxygens (including phenoxy) is 1. The highest BCUT2D eigenvalue weighted by Gasteiger charge is 2.28. The number of rotatable bonds is 7. The first kappa shape index (κ1) is 15.7. The van der Waals surface area contributed by atoms with E-state index in [2.05, 4.69) is 24.7 Å². The second kappa shape index (κ2) is 7.38. The summed E-state index contributed by atoms with van der Waals surface area (Å²) in [5, 5.41) is 10.9. The van der Waals surface area contributed by atoms with Crippen LogP contribution in [0.4, 0.5) is 5.69 Å². The maximum Gasteiger partial charge on any atom is 0.310 e. The van der Waals surface area contributed by atoms with Crippen molar-refractivity contribution in [2.45, 2.75) is 45.2 Å². The van der Waals surface area contributed by atoms with Gasteiger partial charge in [0.1, 0.15) is 0 Å². The predicted molar refractivity (Wildman–Crippen MR) is 81.1 cm³/mol. The zero-order chi connectivity index (χ0) is 15.2. The Morgan fingerprint density at radius 1 is 1.19 bits per heavy atom. The molecule has 1 saturated heterocycles. The molecule has 1 fully saturated rings. The Morgan fingerprint density at radius 2 is 1.86 bits per heavy atom. The van der Waals surface area contributed by atoms with Gasteiger partial charge >= 0.3 is 5.69 Å². The molecule has 0 aliphatic carbocycles. The van der Waals surface area contributed by atoms with Crippen molar-refractivity contribution in [2.24, 2.45) is 5.92 Å². The van der Waals surface area contributed by atoms with Crippen molar-refractivity contribution in [2.75, 3.05) is 6.61 Å². The number of nitro benzene ring substituents is 1. The smallest absolute Gasteiger partial charge is 0.310 e. The van der Waals surface area contributed by atoms with Gasteiger partial charge in [0.25, 0.3) is 0 Å². The lowest BCUT2D eigenvalue weighted by Gasteiger charge is -2.17. The van der Waals surface area contributed by atoms with Crippen LogP contribution in [0.5, 0.6) is 5.75 Å². The summed E-state index contributed by atoms with van der Waals surface area (Å²) < 4.78 is 5.54. The van der Waals surface area contributed by atoms with Crippen LogP contribution in [0.15, 0.2) is 24.3 Å². The van der Waals surface area contributed by atoms with Crippen LogP contribution in [-0.4, -0.2) is 23.6 Å². The third-order valence-electron chi connectivity index (χ3n) is 4.07. The Balaban J connectivity index is 1.72. The molecule has 6 nitrogen and oxygen atoms in total. The molecule has 1 aliphatic rings. The second-order valence-electron chi connectivity index (χ2n) is 5.60. The molecule has 2 unspecified atom stereocenters. The molecule has 116 valence electrons. The quantitative estimate of drug-likeness (QED) is 0.459. The Labute approximate surface area is 125 Å². The lowest BCUT2D eigenvalue weighted by molar-refractivity contribution is -0.385. The van der Waals surface area contributed by atoms with E-state index in [0.717, 1.165) is 19.3 Å². The SMILES string of the molecule is CC1NNC(C)C1CCCCOc1ccccc1[N+](=O)[O-]. The van der Waals surface area contributed by atoms with Crippen molar-refractivity contribution < 1.29 is 9.66 Å². The lowest BCUT2D eigenvalue weighted by Crippen LogP contribution is -2.30. The Morgan fingerprint density at radius 3 is 2.52 bits per heavy atom. The highest BCUT2D eigenvalue weighted by atomic mass is 16.6. The molecule has 2 atom stereocenters. The van der Waals surface area contributed by atoms with Gasteiger partial charge in [-0.3, -0.25) is 21.0 Å². The molecule has 0 radical (unpaired) electrons. The number of hydrogen-bond donors (Lipinski definition) is 2. The van der Waals surface area contributed by atoms with Gasteiger partial charge in [-0.25, -0.2) is 0 Å². The van der Waals surface area contributed by atoms with E-state index in [-0.39, 0.29) is 5.69 Å². The first-order chi connectivity index (χ1) is 10.1. The van der Waals surface area contributed by atoms with Gasteiger partial charge in [0, 0.05) is 18.2 Å². The fourth-order valence-electron chi connectivity index (χ4n) is 2.80. The number of nitrogens with zero attached hydrogens (tertiary/aromatic N) is 1. The number of hydrogen-bond acceptors (Lipinski definition) is 5. The summed E-state index contributed by atoms with van der Waals surface area (Å²) in [7, 11) is 0. The van der Waals surface area contributed by atoms with E-state index < -0.39 is 4.92 Å². The predicted octanol–water partition coefficient (Wildman–Crippen LogP) is 2.64. The molecule has 1 aliphatic heterocycles. The average Bonchev–Trinajstić information content (AvgIpc) is 2.78. The summed E-state index contributed by atoms with van der Waals surface area (Å²) >= 11 is 0. The van der Waals surface area contributed by atoms with Gasteiger partial charge in [-0.15, -0.1) is 0 Å². The van der Waals surface area contributed by atoms with Crippen LogP contribution in [0, 0.1) is 16.0 Å². The van der Waals surface area contributed by atoms with Crippen LogP contribution in [0.2, 0.25) is 0 Å². The van der Waals surface area contributed by atoms with Gasteiger partial charge in [-0.2, -0.15) is 0 Å². The highest BCUT2D eigenvalue weighted by molar-refractivity contribution is 5.45. The molecule has 1 aromatic rings. The maximum atomic E-state index is 10.9. The molecule has 2 rings (SSSR count). The minimum atomic E-state index is -0.408. The highest BCUT2D eigenvalue weighted by Crippen LogP contribution is 2.26. The third kappa shape index (κ3) is 4.15. The summed E-state index contributed by atoms with van der Waals surface area (Å²) in [5.74, 6) is 0.976. The molecule has 0 amide bonds. The molecule has 1 aromatic carbocycles. The lowest BCUT2D eigenvalue weighted by atomic mass is 9.91. The first-order valence-corrected chi connectivity index (χ1v) is 7.47. The van der Waals surface area contributed by atoms with Gasteiger partial charge in [0.15, 0.2) is 5.75 Å². The number of hydrazine groups is 1. The molecule has 0 saturated carbocycles. The van der Waals surface area contributed by atoms with Crippen LogP contribution in [0.3, 0.4) is 0 Å².